The van der Waals surface area contributed by atoms with Crippen molar-refractivity contribution in [1.29, 1.82) is 0 Å². The van der Waals surface area contributed by atoms with E-state index in [2.05, 4.69) is 10.5 Å². The minimum atomic E-state index is -1.38. The summed E-state index contributed by atoms with van der Waals surface area (Å²) in [4.78, 5) is 0. The first-order valence-corrected chi connectivity index (χ1v) is 5.52. The predicted molar refractivity (Wildman–Crippen MR) is 64.2 cm³/mol. The molecule has 0 aliphatic carbocycles. The minimum absolute atomic E-state index is 0.721. The van der Waals surface area contributed by atoms with Gasteiger partial charge < -0.3 is 4.43 Å². The van der Waals surface area contributed by atoms with E-state index in [1.165, 1.54) is 0 Å². The molecule has 2 aromatic carbocycles. The van der Waals surface area contributed by atoms with E-state index < -0.39 is 4.52 Å². The Kier molecular flexibility index (Phi) is 3.02. The molecule has 0 aromatic heterocycles. The lowest BCUT2D eigenvalue weighted by Gasteiger charge is -2.20. The molecule has 0 N–H and O–H groups in total. The highest BCUT2D eigenvalue weighted by molar-refractivity contribution is 6.48. The molecule has 0 aliphatic heterocycles. The molecular formula is C11H7Cl2OSi. The summed E-state index contributed by atoms with van der Waals surface area (Å²) in [6, 6.07) is 13.6. The number of benzene rings is 2. The van der Waals surface area contributed by atoms with Crippen LogP contribution >= 0.6 is 23.2 Å². The van der Waals surface area contributed by atoms with Gasteiger partial charge in [0.2, 0.25) is 4.52 Å². The van der Waals surface area contributed by atoms with Gasteiger partial charge in [-0.15, -0.1) is 0 Å². The zero-order valence-electron chi connectivity index (χ0n) is 7.71. The lowest BCUT2D eigenvalue weighted by atomic mass is 10.1. The third-order valence-corrected chi connectivity index (χ3v) is 3.36. The van der Waals surface area contributed by atoms with Crippen LogP contribution in [0.2, 0.25) is 0 Å². The van der Waals surface area contributed by atoms with Gasteiger partial charge in [0.1, 0.15) is 0 Å². The second-order valence-corrected chi connectivity index (χ2v) is 4.61. The molecule has 0 saturated heterocycles. The number of alkyl halides is 2. The number of hydrogen-bond donors (Lipinski definition) is 0. The van der Waals surface area contributed by atoms with Crippen LogP contribution in [0.1, 0.15) is 5.56 Å². The van der Waals surface area contributed by atoms with Crippen LogP contribution in [-0.4, -0.2) is 10.5 Å². The molecule has 15 heavy (non-hydrogen) atoms. The molecule has 0 unspecified atom stereocenters. The third-order valence-electron chi connectivity index (χ3n) is 2.23. The fourth-order valence-electron chi connectivity index (χ4n) is 1.53. The van der Waals surface area contributed by atoms with Gasteiger partial charge in [0.05, 0.1) is 0 Å². The van der Waals surface area contributed by atoms with E-state index in [1.807, 2.05) is 42.5 Å². The quantitative estimate of drug-likeness (QED) is 0.588. The summed E-state index contributed by atoms with van der Waals surface area (Å²) in [6.07, 6.45) is 0. The van der Waals surface area contributed by atoms with Crippen LogP contribution in [0.25, 0.3) is 10.8 Å². The minimum Gasteiger partial charge on any atom is -0.386 e. The normalized spacial score (nSPS) is 11.9. The molecule has 0 atom stereocenters. The van der Waals surface area contributed by atoms with Gasteiger partial charge in [-0.3, -0.25) is 0 Å². The summed E-state index contributed by atoms with van der Waals surface area (Å²) in [5.41, 5.74) is 0.721. The number of rotatable bonds is 2. The van der Waals surface area contributed by atoms with E-state index in [0.717, 1.165) is 16.3 Å². The van der Waals surface area contributed by atoms with E-state index in [1.54, 1.807) is 0 Å². The average Bonchev–Trinajstić information content (AvgIpc) is 2.28. The summed E-state index contributed by atoms with van der Waals surface area (Å²) in [5, 5.41) is 2.05. The summed E-state index contributed by atoms with van der Waals surface area (Å²) in [7, 11) is 2.88. The molecule has 0 saturated carbocycles. The van der Waals surface area contributed by atoms with Crippen LogP contribution in [0.3, 0.4) is 0 Å². The molecular weight excluding hydrogens is 247 g/mol. The van der Waals surface area contributed by atoms with Gasteiger partial charge >= 0.3 is 0 Å². The summed E-state index contributed by atoms with van der Waals surface area (Å²) >= 11 is 12.0. The first kappa shape index (κ1) is 11.0. The lowest BCUT2D eigenvalue weighted by molar-refractivity contribution is 0.274. The molecule has 3 radical (unpaired) electrons. The van der Waals surface area contributed by atoms with Gasteiger partial charge in [0, 0.05) is 5.56 Å². The highest BCUT2D eigenvalue weighted by Crippen LogP contribution is 2.38. The molecule has 0 fully saturated rings. The topological polar surface area (TPSA) is 9.23 Å². The largest absolute Gasteiger partial charge is 0.386 e. The molecule has 0 spiro atoms. The van der Waals surface area contributed by atoms with Gasteiger partial charge in [-0.05, 0) is 10.8 Å². The summed E-state index contributed by atoms with van der Waals surface area (Å²) in [6.45, 7) is 0. The Morgan fingerprint density at radius 1 is 1.00 bits per heavy atom. The van der Waals surface area contributed by atoms with Crippen molar-refractivity contribution < 1.29 is 4.43 Å². The lowest BCUT2D eigenvalue weighted by Crippen LogP contribution is -2.13. The Hall–Kier alpha value is -0.543. The SMILES string of the molecule is [Si]OC(Cl)(Cl)c1cccc2ccccc12. The smallest absolute Gasteiger partial charge is 0.250 e. The van der Waals surface area contributed by atoms with Gasteiger partial charge in [0.15, 0.2) is 0 Å². The fraction of sp³-hybridized carbons (Fsp3) is 0.0909. The van der Waals surface area contributed by atoms with Crippen molar-refractivity contribution >= 4 is 44.5 Å². The third kappa shape index (κ3) is 2.04. The average molecular weight is 254 g/mol. The zero-order chi connectivity index (χ0) is 10.9. The Morgan fingerprint density at radius 2 is 1.67 bits per heavy atom. The first-order chi connectivity index (χ1) is 7.15. The second kappa shape index (κ2) is 4.14. The van der Waals surface area contributed by atoms with Crippen molar-refractivity contribution in [2.75, 3.05) is 0 Å². The highest BCUT2D eigenvalue weighted by atomic mass is 35.5. The van der Waals surface area contributed by atoms with Crippen LogP contribution < -0.4 is 0 Å². The van der Waals surface area contributed by atoms with Crippen molar-refractivity contribution in [2.45, 2.75) is 4.52 Å². The Labute approximate surface area is 101 Å². The van der Waals surface area contributed by atoms with Gasteiger partial charge in [0.25, 0.3) is 10.5 Å². The van der Waals surface area contributed by atoms with Crippen molar-refractivity contribution in [3.63, 3.8) is 0 Å². The fourth-order valence-corrected chi connectivity index (χ4v) is 1.97. The van der Waals surface area contributed by atoms with Crippen molar-refractivity contribution in [3.05, 3.63) is 48.0 Å². The van der Waals surface area contributed by atoms with Crippen molar-refractivity contribution in [2.24, 2.45) is 0 Å². The van der Waals surface area contributed by atoms with E-state index in [0.29, 0.717) is 0 Å². The molecule has 0 amide bonds. The number of fused-ring (bicyclic) bond motifs is 1. The molecule has 1 nitrogen and oxygen atoms in total. The van der Waals surface area contributed by atoms with Crippen molar-refractivity contribution in [1.82, 2.24) is 0 Å². The van der Waals surface area contributed by atoms with Crippen molar-refractivity contribution in [3.8, 4) is 0 Å². The second-order valence-electron chi connectivity index (χ2n) is 3.15. The molecule has 4 heteroatoms. The maximum atomic E-state index is 6.02. The first-order valence-electron chi connectivity index (χ1n) is 4.36. The van der Waals surface area contributed by atoms with Crippen LogP contribution in [0, 0.1) is 0 Å². The maximum absolute atomic E-state index is 6.02. The van der Waals surface area contributed by atoms with Gasteiger partial charge in [-0.1, -0.05) is 65.7 Å². The molecule has 2 rings (SSSR count). The molecule has 75 valence electrons. The molecule has 0 heterocycles. The van der Waals surface area contributed by atoms with Crippen LogP contribution in [0.4, 0.5) is 0 Å². The monoisotopic (exact) mass is 253 g/mol. The standard InChI is InChI=1S/C11H7Cl2OSi/c12-11(13,14-15)10-7-3-5-8-4-1-2-6-9(8)10/h1-7H. The number of hydrogen-bond acceptors (Lipinski definition) is 1. The summed E-state index contributed by atoms with van der Waals surface area (Å²) < 4.78 is 3.49. The van der Waals surface area contributed by atoms with Crippen LogP contribution in [0.5, 0.6) is 0 Å². The number of halogens is 2. The van der Waals surface area contributed by atoms with Crippen LogP contribution in [0.15, 0.2) is 42.5 Å². The van der Waals surface area contributed by atoms with E-state index >= 15 is 0 Å². The summed E-state index contributed by atoms with van der Waals surface area (Å²) in [5.74, 6) is 0. The Balaban J connectivity index is 2.71. The molecule has 2 aromatic rings. The highest BCUT2D eigenvalue weighted by Gasteiger charge is 2.27. The molecule has 0 bridgehead atoms. The predicted octanol–water partition coefficient (Wildman–Crippen LogP) is 3.53. The molecule has 0 aliphatic rings. The zero-order valence-corrected chi connectivity index (χ0v) is 10.2. The van der Waals surface area contributed by atoms with E-state index in [4.69, 9.17) is 27.6 Å². The van der Waals surface area contributed by atoms with Gasteiger partial charge in [-0.2, -0.15) is 0 Å². The maximum Gasteiger partial charge on any atom is 0.250 e. The van der Waals surface area contributed by atoms with E-state index in [-0.39, 0.29) is 0 Å². The Bertz CT molecular complexity index is 479. The Morgan fingerprint density at radius 3 is 2.40 bits per heavy atom. The van der Waals surface area contributed by atoms with Gasteiger partial charge in [-0.25, -0.2) is 0 Å². The van der Waals surface area contributed by atoms with Crippen LogP contribution in [-0.2, 0) is 8.95 Å². The van der Waals surface area contributed by atoms with E-state index in [9.17, 15) is 0 Å².